The van der Waals surface area contributed by atoms with Crippen LogP contribution < -0.4 is 0 Å². The molecule has 0 aromatic carbocycles. The van der Waals surface area contributed by atoms with Crippen LogP contribution in [0.2, 0.25) is 0 Å². The maximum Gasteiger partial charge on any atom is 0.204 e. The molecule has 1 saturated heterocycles. The highest BCUT2D eigenvalue weighted by Gasteiger charge is 2.41. The second kappa shape index (κ2) is 2.66. The third-order valence-corrected chi connectivity index (χ3v) is 7.05. The van der Waals surface area contributed by atoms with E-state index in [0.717, 1.165) is 25.0 Å². The van der Waals surface area contributed by atoms with Gasteiger partial charge in [-0.3, -0.25) is 0 Å². The standard InChI is InChI=1S/C7H12O2S2/c8-11(9)7-4-2-1-3-6(7)5-10-11/h6-7H,1-5H2. The highest BCUT2D eigenvalue weighted by Crippen LogP contribution is 2.42. The van der Waals surface area contributed by atoms with E-state index >= 15 is 0 Å². The molecule has 2 nitrogen and oxygen atoms in total. The summed E-state index contributed by atoms with van der Waals surface area (Å²) in [4.78, 5) is 0. The molecule has 2 fully saturated rings. The molecule has 0 bridgehead atoms. The second-order valence-corrected chi connectivity index (χ2v) is 7.62. The topological polar surface area (TPSA) is 34.1 Å². The summed E-state index contributed by atoms with van der Waals surface area (Å²) in [6.07, 6.45) is 4.40. The van der Waals surface area contributed by atoms with Crippen LogP contribution in [0.4, 0.5) is 0 Å². The molecule has 11 heavy (non-hydrogen) atoms. The molecule has 2 aliphatic rings. The smallest absolute Gasteiger partial charge is 0.204 e. The molecule has 2 rings (SSSR count). The third kappa shape index (κ3) is 1.31. The third-order valence-electron chi connectivity index (χ3n) is 2.66. The molecule has 0 N–H and O–H groups in total. The predicted molar refractivity (Wildman–Crippen MR) is 47.1 cm³/mol. The summed E-state index contributed by atoms with van der Waals surface area (Å²) in [6, 6.07) is 0. The Labute approximate surface area is 71.1 Å². The van der Waals surface area contributed by atoms with Gasteiger partial charge < -0.3 is 0 Å². The summed E-state index contributed by atoms with van der Waals surface area (Å²) in [7, 11) is -1.55. The molecule has 0 aromatic rings. The Balaban J connectivity index is 2.23. The van der Waals surface area contributed by atoms with E-state index in [4.69, 9.17) is 0 Å². The van der Waals surface area contributed by atoms with Crippen molar-refractivity contribution in [2.45, 2.75) is 30.9 Å². The largest absolute Gasteiger partial charge is 0.217 e. The van der Waals surface area contributed by atoms with E-state index in [1.807, 2.05) is 0 Å². The van der Waals surface area contributed by atoms with E-state index < -0.39 is 8.87 Å². The minimum Gasteiger partial charge on any atom is -0.217 e. The number of rotatable bonds is 0. The van der Waals surface area contributed by atoms with E-state index in [-0.39, 0.29) is 5.25 Å². The lowest BCUT2D eigenvalue weighted by Crippen LogP contribution is -2.25. The average Bonchev–Trinajstić information content (AvgIpc) is 2.29. The van der Waals surface area contributed by atoms with Gasteiger partial charge in [-0.2, -0.15) is 0 Å². The van der Waals surface area contributed by atoms with Crippen molar-refractivity contribution in [3.05, 3.63) is 0 Å². The van der Waals surface area contributed by atoms with Gasteiger partial charge in [0, 0.05) is 5.75 Å². The number of hydrogen-bond acceptors (Lipinski definition) is 3. The molecule has 1 saturated carbocycles. The van der Waals surface area contributed by atoms with Crippen molar-refractivity contribution in [1.29, 1.82) is 0 Å². The summed E-state index contributed by atoms with van der Waals surface area (Å²) >= 11 is 0. The Morgan fingerprint density at radius 3 is 2.64 bits per heavy atom. The maximum atomic E-state index is 11.4. The summed E-state index contributed by atoms with van der Waals surface area (Å²) in [5, 5.41) is 0.0150. The zero-order valence-electron chi connectivity index (χ0n) is 6.32. The van der Waals surface area contributed by atoms with Gasteiger partial charge in [-0.1, -0.05) is 12.8 Å². The van der Waals surface area contributed by atoms with Gasteiger partial charge in [0.25, 0.3) is 0 Å². The molecule has 2 atom stereocenters. The Hall–Kier alpha value is 0.300. The lowest BCUT2D eigenvalue weighted by Gasteiger charge is -2.22. The molecule has 4 heteroatoms. The van der Waals surface area contributed by atoms with Gasteiger partial charge in [0.1, 0.15) is 0 Å². The molecule has 64 valence electrons. The van der Waals surface area contributed by atoms with Crippen LogP contribution >= 0.6 is 10.8 Å². The van der Waals surface area contributed by atoms with Crippen LogP contribution in [0.25, 0.3) is 0 Å². The number of fused-ring (bicyclic) bond motifs is 1. The van der Waals surface area contributed by atoms with Crippen LogP contribution in [0.15, 0.2) is 0 Å². The predicted octanol–water partition coefficient (Wildman–Crippen LogP) is 1.62. The van der Waals surface area contributed by atoms with E-state index in [0.29, 0.717) is 5.92 Å². The van der Waals surface area contributed by atoms with Crippen LogP contribution in [0.5, 0.6) is 0 Å². The highest BCUT2D eigenvalue weighted by molar-refractivity contribution is 8.72. The summed E-state index contributed by atoms with van der Waals surface area (Å²) in [5.41, 5.74) is 0. The van der Waals surface area contributed by atoms with E-state index in [1.54, 1.807) is 0 Å². The van der Waals surface area contributed by atoms with Crippen molar-refractivity contribution in [3.8, 4) is 0 Å². The molecule has 0 aromatic heterocycles. The molecule has 1 aliphatic heterocycles. The van der Waals surface area contributed by atoms with Crippen molar-refractivity contribution in [2.75, 3.05) is 5.75 Å². The first-order valence-corrected chi connectivity index (χ1v) is 7.13. The van der Waals surface area contributed by atoms with Crippen LogP contribution in [0, 0.1) is 5.92 Å². The van der Waals surface area contributed by atoms with Crippen LogP contribution in [0.1, 0.15) is 25.7 Å². The molecule has 0 spiro atoms. The zero-order chi connectivity index (χ0) is 7.90. The second-order valence-electron chi connectivity index (χ2n) is 3.36. The van der Waals surface area contributed by atoms with Gasteiger partial charge in [-0.25, -0.2) is 8.42 Å². The van der Waals surface area contributed by atoms with E-state index in [9.17, 15) is 8.42 Å². The Bertz CT molecular complexity index is 245. The van der Waals surface area contributed by atoms with Gasteiger partial charge >= 0.3 is 0 Å². The van der Waals surface area contributed by atoms with Gasteiger partial charge in [0.15, 0.2) is 0 Å². The average molecular weight is 192 g/mol. The minimum atomic E-state index is -2.73. The van der Waals surface area contributed by atoms with Crippen LogP contribution in [-0.2, 0) is 8.87 Å². The number of hydrogen-bond donors (Lipinski definition) is 0. The molecule has 1 aliphatic carbocycles. The van der Waals surface area contributed by atoms with Gasteiger partial charge in [0.2, 0.25) is 8.87 Å². The zero-order valence-corrected chi connectivity index (χ0v) is 7.96. The van der Waals surface area contributed by atoms with Crippen molar-refractivity contribution in [1.82, 2.24) is 0 Å². The lowest BCUT2D eigenvalue weighted by molar-refractivity contribution is 0.396. The molecule has 1 heterocycles. The first-order chi connectivity index (χ1) is 5.20. The Morgan fingerprint density at radius 2 is 1.91 bits per heavy atom. The molecule has 2 unspecified atom stereocenters. The highest BCUT2D eigenvalue weighted by atomic mass is 33.1. The summed E-state index contributed by atoms with van der Waals surface area (Å²) < 4.78 is 22.7. The first-order valence-electron chi connectivity index (χ1n) is 4.08. The monoisotopic (exact) mass is 192 g/mol. The van der Waals surface area contributed by atoms with Gasteiger partial charge in [0.05, 0.1) is 5.25 Å². The van der Waals surface area contributed by atoms with Gasteiger partial charge in [-0.05, 0) is 29.6 Å². The fourth-order valence-electron chi connectivity index (χ4n) is 2.01. The SMILES string of the molecule is O=S1(=O)SCC2CCCCC21. The molecule has 0 radical (unpaired) electrons. The van der Waals surface area contributed by atoms with Crippen LogP contribution in [-0.4, -0.2) is 19.4 Å². The van der Waals surface area contributed by atoms with Crippen molar-refractivity contribution < 1.29 is 8.42 Å². The molecular weight excluding hydrogens is 180 g/mol. The fraction of sp³-hybridized carbons (Fsp3) is 1.00. The van der Waals surface area contributed by atoms with E-state index in [1.165, 1.54) is 17.2 Å². The molecular formula is C7H12O2S2. The van der Waals surface area contributed by atoms with Crippen molar-refractivity contribution in [2.24, 2.45) is 5.92 Å². The normalized spacial score (nSPS) is 41.8. The summed E-state index contributed by atoms with van der Waals surface area (Å²) in [6.45, 7) is 0. The van der Waals surface area contributed by atoms with Gasteiger partial charge in [-0.15, -0.1) is 0 Å². The molecule has 0 amide bonds. The fourth-order valence-corrected chi connectivity index (χ4v) is 6.61. The minimum absolute atomic E-state index is 0.0150. The Kier molecular flexibility index (Phi) is 1.92. The van der Waals surface area contributed by atoms with Crippen LogP contribution in [0.3, 0.4) is 0 Å². The van der Waals surface area contributed by atoms with E-state index in [2.05, 4.69) is 0 Å². The Morgan fingerprint density at radius 1 is 1.18 bits per heavy atom. The first kappa shape index (κ1) is 7.92. The van der Waals surface area contributed by atoms with Crippen molar-refractivity contribution >= 4 is 19.7 Å². The maximum absolute atomic E-state index is 11.4. The lowest BCUT2D eigenvalue weighted by atomic mass is 9.90. The quantitative estimate of drug-likeness (QED) is 0.547. The summed E-state index contributed by atoms with van der Waals surface area (Å²) in [5.74, 6) is 1.34. The van der Waals surface area contributed by atoms with Crippen molar-refractivity contribution in [3.63, 3.8) is 0 Å².